The summed E-state index contributed by atoms with van der Waals surface area (Å²) < 4.78 is 31.3. The molecule has 0 aliphatic carbocycles. The van der Waals surface area contributed by atoms with Gasteiger partial charge in [0.1, 0.15) is 0 Å². The molecule has 1 aliphatic rings. The third kappa shape index (κ3) is 5.90. The smallest absolute Gasteiger partial charge is 0.239 e. The number of rotatable bonds is 7. The Morgan fingerprint density at radius 2 is 1.76 bits per heavy atom. The van der Waals surface area contributed by atoms with E-state index in [4.69, 9.17) is 4.74 Å². The van der Waals surface area contributed by atoms with Crippen LogP contribution in [0.2, 0.25) is 0 Å². The van der Waals surface area contributed by atoms with Crippen molar-refractivity contribution < 1.29 is 17.9 Å². The predicted molar refractivity (Wildman–Crippen MR) is 115 cm³/mol. The van der Waals surface area contributed by atoms with Crippen molar-refractivity contribution in [3.8, 4) is 0 Å². The molecule has 154 valence electrons. The summed E-state index contributed by atoms with van der Waals surface area (Å²) >= 11 is 0. The van der Waals surface area contributed by atoms with Gasteiger partial charge < -0.3 is 15.0 Å². The molecule has 29 heavy (non-hydrogen) atoms. The number of carbonyl (C=O) groups excluding carboxylic acids is 1. The molecule has 1 N–H and O–H groups in total. The van der Waals surface area contributed by atoms with Gasteiger partial charge in [0, 0.05) is 25.5 Å². The first-order chi connectivity index (χ1) is 14.0. The Morgan fingerprint density at radius 3 is 2.48 bits per heavy atom. The minimum absolute atomic E-state index is 0.279. The Labute approximate surface area is 171 Å². The zero-order valence-corrected chi connectivity index (χ0v) is 17.1. The van der Waals surface area contributed by atoms with Crippen molar-refractivity contribution in [1.82, 2.24) is 4.31 Å². The van der Waals surface area contributed by atoms with Crippen LogP contribution in [-0.4, -0.2) is 58.5 Å². The zero-order valence-electron chi connectivity index (χ0n) is 16.3. The van der Waals surface area contributed by atoms with Gasteiger partial charge in [0.25, 0.3) is 0 Å². The van der Waals surface area contributed by atoms with Crippen molar-refractivity contribution >= 4 is 33.4 Å². The van der Waals surface area contributed by atoms with Gasteiger partial charge in [-0.1, -0.05) is 42.5 Å². The summed E-state index contributed by atoms with van der Waals surface area (Å²) in [4.78, 5) is 14.6. The van der Waals surface area contributed by atoms with Crippen molar-refractivity contribution in [1.29, 1.82) is 0 Å². The van der Waals surface area contributed by atoms with Crippen LogP contribution in [0.25, 0.3) is 6.08 Å². The maximum atomic E-state index is 12.5. The Kier molecular flexibility index (Phi) is 7.03. The molecule has 0 radical (unpaired) electrons. The molecule has 0 bridgehead atoms. The Hall–Kier alpha value is -2.68. The van der Waals surface area contributed by atoms with Crippen molar-refractivity contribution in [3.05, 3.63) is 65.6 Å². The molecule has 0 spiro atoms. The number of hydrogen-bond acceptors (Lipinski definition) is 5. The number of para-hydroxylation sites is 2. The SMILES string of the molecule is CN(CC(=O)Nc1ccccc1N1CCOCC1)S(=O)(=O)C=Cc1ccccc1. The van der Waals surface area contributed by atoms with Gasteiger partial charge in [-0.05, 0) is 23.8 Å². The first-order valence-corrected chi connectivity index (χ1v) is 10.9. The normalized spacial score (nSPS) is 15.0. The number of benzene rings is 2. The number of ether oxygens (including phenoxy) is 1. The monoisotopic (exact) mass is 415 g/mol. The maximum Gasteiger partial charge on any atom is 0.239 e. The zero-order chi connectivity index (χ0) is 20.7. The second-order valence-electron chi connectivity index (χ2n) is 6.68. The molecular formula is C21H25N3O4S. The number of sulfonamides is 1. The van der Waals surface area contributed by atoms with Crippen molar-refractivity contribution in [2.24, 2.45) is 0 Å². The second-order valence-corrected chi connectivity index (χ2v) is 8.60. The van der Waals surface area contributed by atoms with Crippen LogP contribution in [0.15, 0.2) is 60.0 Å². The minimum atomic E-state index is -3.71. The first kappa shape index (κ1) is 21.0. The number of nitrogens with zero attached hydrogens (tertiary/aromatic N) is 2. The van der Waals surface area contributed by atoms with Crippen molar-refractivity contribution in [2.45, 2.75) is 0 Å². The summed E-state index contributed by atoms with van der Waals surface area (Å²) in [6, 6.07) is 16.6. The lowest BCUT2D eigenvalue weighted by atomic mass is 10.2. The van der Waals surface area contributed by atoms with Crippen LogP contribution in [0.3, 0.4) is 0 Å². The Bertz CT molecular complexity index is 955. The molecule has 2 aromatic carbocycles. The van der Waals surface area contributed by atoms with Gasteiger partial charge in [-0.25, -0.2) is 8.42 Å². The lowest BCUT2D eigenvalue weighted by Gasteiger charge is -2.30. The first-order valence-electron chi connectivity index (χ1n) is 9.37. The van der Waals surface area contributed by atoms with E-state index in [9.17, 15) is 13.2 Å². The molecular weight excluding hydrogens is 390 g/mol. The molecule has 0 atom stereocenters. The van der Waals surface area contributed by atoms with Gasteiger partial charge in [0.15, 0.2) is 0 Å². The predicted octanol–water partition coefficient (Wildman–Crippen LogP) is 2.39. The molecule has 3 rings (SSSR count). The molecule has 0 unspecified atom stereocenters. The number of carbonyl (C=O) groups is 1. The summed E-state index contributed by atoms with van der Waals surface area (Å²) in [6.45, 7) is 2.48. The average Bonchev–Trinajstić information content (AvgIpc) is 2.74. The molecule has 1 amide bonds. The highest BCUT2D eigenvalue weighted by atomic mass is 32.2. The highest BCUT2D eigenvalue weighted by Crippen LogP contribution is 2.26. The molecule has 7 nitrogen and oxygen atoms in total. The van der Waals surface area contributed by atoms with Crippen LogP contribution < -0.4 is 10.2 Å². The maximum absolute atomic E-state index is 12.5. The second kappa shape index (κ2) is 9.69. The number of likely N-dealkylation sites (N-methyl/N-ethyl adjacent to an activating group) is 1. The fraction of sp³-hybridized carbons (Fsp3) is 0.286. The summed E-state index contributed by atoms with van der Waals surface area (Å²) in [5.41, 5.74) is 2.33. The van der Waals surface area contributed by atoms with Gasteiger partial charge in [-0.3, -0.25) is 4.79 Å². The molecule has 1 saturated heterocycles. The van der Waals surface area contributed by atoms with Crippen molar-refractivity contribution in [3.63, 3.8) is 0 Å². The number of morpholine rings is 1. The van der Waals surface area contributed by atoms with E-state index in [0.717, 1.165) is 34.1 Å². The van der Waals surface area contributed by atoms with E-state index in [1.807, 2.05) is 42.5 Å². The fourth-order valence-corrected chi connectivity index (χ4v) is 3.81. The topological polar surface area (TPSA) is 79.0 Å². The van der Waals surface area contributed by atoms with Gasteiger partial charge in [0.05, 0.1) is 31.1 Å². The molecule has 0 saturated carbocycles. The van der Waals surface area contributed by atoms with Gasteiger partial charge in [-0.2, -0.15) is 4.31 Å². The Morgan fingerprint density at radius 1 is 1.10 bits per heavy atom. The number of amides is 1. The average molecular weight is 416 g/mol. The van der Waals surface area contributed by atoms with E-state index in [0.29, 0.717) is 18.9 Å². The van der Waals surface area contributed by atoms with Crippen molar-refractivity contribution in [2.75, 3.05) is 50.1 Å². The third-order valence-corrected chi connectivity index (χ3v) is 6.04. The summed E-state index contributed by atoms with van der Waals surface area (Å²) in [6.07, 6.45) is 1.51. The lowest BCUT2D eigenvalue weighted by Crippen LogP contribution is -2.37. The number of hydrogen-bond donors (Lipinski definition) is 1. The minimum Gasteiger partial charge on any atom is -0.378 e. The van der Waals surface area contributed by atoms with Crippen LogP contribution in [0.1, 0.15) is 5.56 Å². The number of nitrogens with one attached hydrogen (secondary N) is 1. The molecule has 0 aromatic heterocycles. The van der Waals surface area contributed by atoms with Gasteiger partial charge >= 0.3 is 0 Å². The Balaban J connectivity index is 1.64. The summed E-state index contributed by atoms with van der Waals surface area (Å²) in [7, 11) is -2.32. The highest BCUT2D eigenvalue weighted by molar-refractivity contribution is 7.92. The fourth-order valence-electron chi connectivity index (χ4n) is 2.97. The van der Waals surface area contributed by atoms with E-state index in [2.05, 4.69) is 10.2 Å². The summed E-state index contributed by atoms with van der Waals surface area (Å²) in [5.74, 6) is -0.398. The van der Waals surface area contributed by atoms with Gasteiger partial charge in [-0.15, -0.1) is 0 Å². The van der Waals surface area contributed by atoms with Crippen LogP contribution in [0.5, 0.6) is 0 Å². The van der Waals surface area contributed by atoms with Crippen LogP contribution in [0.4, 0.5) is 11.4 Å². The van der Waals surface area contributed by atoms with E-state index in [-0.39, 0.29) is 6.54 Å². The van der Waals surface area contributed by atoms with Gasteiger partial charge in [0.2, 0.25) is 15.9 Å². The highest BCUT2D eigenvalue weighted by Gasteiger charge is 2.20. The quantitative estimate of drug-likeness (QED) is 0.751. The molecule has 1 heterocycles. The van der Waals surface area contributed by atoms with Crippen LogP contribution in [-0.2, 0) is 19.6 Å². The molecule has 1 fully saturated rings. The summed E-state index contributed by atoms with van der Waals surface area (Å²) in [5, 5.41) is 3.94. The third-order valence-electron chi connectivity index (χ3n) is 4.56. The van der Waals surface area contributed by atoms with E-state index in [1.165, 1.54) is 13.1 Å². The van der Waals surface area contributed by atoms with E-state index in [1.54, 1.807) is 12.1 Å². The molecule has 1 aliphatic heterocycles. The van der Waals surface area contributed by atoms with E-state index >= 15 is 0 Å². The van der Waals surface area contributed by atoms with Crippen LogP contribution >= 0.6 is 0 Å². The lowest BCUT2D eigenvalue weighted by molar-refractivity contribution is -0.116. The standard InChI is InChI=1S/C21H25N3O4S/c1-23(29(26,27)16-11-18-7-3-2-4-8-18)17-21(25)22-19-9-5-6-10-20(19)24-12-14-28-15-13-24/h2-11,16H,12-15,17H2,1H3,(H,22,25). The largest absolute Gasteiger partial charge is 0.378 e. The van der Waals surface area contributed by atoms with E-state index < -0.39 is 15.9 Å². The van der Waals surface area contributed by atoms with Crippen LogP contribution in [0, 0.1) is 0 Å². The number of anilines is 2. The molecule has 8 heteroatoms. The molecule has 2 aromatic rings.